The summed E-state index contributed by atoms with van der Waals surface area (Å²) in [7, 11) is 0. The van der Waals surface area contributed by atoms with Gasteiger partial charge in [0.2, 0.25) is 0 Å². The highest BCUT2D eigenvalue weighted by molar-refractivity contribution is 14.1. The summed E-state index contributed by atoms with van der Waals surface area (Å²) in [5.41, 5.74) is 7.70. The molecule has 2 N–H and O–H groups in total. The van der Waals surface area contributed by atoms with Gasteiger partial charge in [-0.2, -0.15) is 0 Å². The molecule has 1 aliphatic carbocycles. The van der Waals surface area contributed by atoms with Crippen LogP contribution in [0, 0.1) is 9.49 Å². The minimum absolute atomic E-state index is 0. The van der Waals surface area contributed by atoms with E-state index in [4.69, 9.17) is 5.73 Å². The van der Waals surface area contributed by atoms with E-state index in [-0.39, 0.29) is 18.4 Å². The summed E-state index contributed by atoms with van der Waals surface area (Å²) in [5.74, 6) is 0.703. The largest absolute Gasteiger partial charge is 0.324 e. The fourth-order valence-corrected chi connectivity index (χ4v) is 3.24. The normalized spacial score (nSPS) is 18.9. The number of nitrogens with two attached hydrogens (primary N) is 1. The van der Waals surface area contributed by atoms with Crippen molar-refractivity contribution in [2.45, 2.75) is 38.1 Å². The van der Waals surface area contributed by atoms with Crippen LogP contribution in [-0.4, -0.2) is 0 Å². The Bertz CT molecular complexity index is 323. The molecule has 1 saturated carbocycles. The second-order valence-electron chi connectivity index (χ2n) is 4.45. The zero-order valence-electron chi connectivity index (χ0n) is 9.36. The first-order valence-corrected chi connectivity index (χ1v) is 6.87. The molecular formula is C13H19ClIN. The van der Waals surface area contributed by atoms with E-state index in [9.17, 15) is 0 Å². The fraction of sp³-hybridized carbons (Fsp3) is 0.538. The quantitative estimate of drug-likeness (QED) is 0.790. The van der Waals surface area contributed by atoms with Crippen molar-refractivity contribution in [3.05, 3.63) is 33.4 Å². The van der Waals surface area contributed by atoms with E-state index in [0.717, 1.165) is 0 Å². The Balaban J connectivity index is 0.00000128. The van der Waals surface area contributed by atoms with Gasteiger partial charge in [-0.05, 0) is 53.0 Å². The molecule has 1 nitrogen and oxygen atoms in total. The topological polar surface area (TPSA) is 26.0 Å². The smallest absolute Gasteiger partial charge is 0.0334 e. The average molecular weight is 352 g/mol. The van der Waals surface area contributed by atoms with Gasteiger partial charge in [0.1, 0.15) is 0 Å². The van der Waals surface area contributed by atoms with Crippen LogP contribution in [0.1, 0.15) is 43.7 Å². The average Bonchev–Trinajstić information content (AvgIpc) is 2.30. The third-order valence-corrected chi connectivity index (χ3v) is 4.40. The van der Waals surface area contributed by atoms with E-state index in [1.165, 1.54) is 41.2 Å². The predicted molar refractivity (Wildman–Crippen MR) is 79.9 cm³/mol. The molecule has 0 spiro atoms. The van der Waals surface area contributed by atoms with Crippen molar-refractivity contribution in [1.82, 2.24) is 0 Å². The predicted octanol–water partition coefficient (Wildman–Crippen LogP) is 4.29. The van der Waals surface area contributed by atoms with Gasteiger partial charge in [0.15, 0.2) is 0 Å². The van der Waals surface area contributed by atoms with Crippen molar-refractivity contribution in [2.75, 3.05) is 0 Å². The third-order valence-electron chi connectivity index (χ3n) is 3.42. The van der Waals surface area contributed by atoms with E-state index < -0.39 is 0 Å². The zero-order valence-corrected chi connectivity index (χ0v) is 12.3. The van der Waals surface area contributed by atoms with Gasteiger partial charge in [-0.1, -0.05) is 37.5 Å². The monoisotopic (exact) mass is 351 g/mol. The van der Waals surface area contributed by atoms with E-state index in [1.807, 2.05) is 0 Å². The number of hydrogen-bond donors (Lipinski definition) is 1. The molecule has 3 heteroatoms. The molecule has 1 aliphatic rings. The molecular weight excluding hydrogens is 333 g/mol. The summed E-state index contributed by atoms with van der Waals surface area (Å²) in [6.07, 6.45) is 6.75. The van der Waals surface area contributed by atoms with Gasteiger partial charge in [0, 0.05) is 9.61 Å². The Hall–Kier alpha value is 0.200. The van der Waals surface area contributed by atoms with E-state index in [1.54, 1.807) is 0 Å². The van der Waals surface area contributed by atoms with Crippen LogP contribution >= 0.6 is 35.0 Å². The summed E-state index contributed by atoms with van der Waals surface area (Å²) in [6.45, 7) is 0. The lowest BCUT2D eigenvalue weighted by atomic mass is 9.81. The van der Waals surface area contributed by atoms with E-state index in [0.29, 0.717) is 5.92 Å². The minimum atomic E-state index is 0. The molecule has 2 rings (SSSR count). The molecule has 1 aromatic carbocycles. The Kier molecular flexibility index (Phi) is 6.08. The molecule has 0 aromatic heterocycles. The maximum absolute atomic E-state index is 6.37. The molecule has 90 valence electrons. The number of halogens is 2. The Morgan fingerprint density at radius 1 is 1.12 bits per heavy atom. The first-order chi connectivity index (χ1) is 7.29. The van der Waals surface area contributed by atoms with Crippen LogP contribution < -0.4 is 5.73 Å². The Morgan fingerprint density at radius 3 is 2.38 bits per heavy atom. The standard InChI is InChI=1S/C13H18IN.ClH/c14-12-9-5-4-8-11(12)13(15)10-6-2-1-3-7-10;/h4-5,8-10,13H,1-3,6-7,15H2;1H/t13-;/m0./s1. The number of rotatable bonds is 2. The Morgan fingerprint density at radius 2 is 1.75 bits per heavy atom. The van der Waals surface area contributed by atoms with Crippen molar-refractivity contribution >= 4 is 35.0 Å². The van der Waals surface area contributed by atoms with Crippen LogP contribution in [0.4, 0.5) is 0 Å². The van der Waals surface area contributed by atoms with Gasteiger partial charge < -0.3 is 5.73 Å². The van der Waals surface area contributed by atoms with Gasteiger partial charge in [0.05, 0.1) is 0 Å². The van der Waals surface area contributed by atoms with Crippen LogP contribution in [-0.2, 0) is 0 Å². The van der Waals surface area contributed by atoms with Gasteiger partial charge in [-0.25, -0.2) is 0 Å². The Labute approximate surface area is 118 Å². The molecule has 1 atom stereocenters. The van der Waals surface area contributed by atoms with Gasteiger partial charge in [-0.15, -0.1) is 12.4 Å². The van der Waals surface area contributed by atoms with Crippen molar-refractivity contribution in [1.29, 1.82) is 0 Å². The summed E-state index contributed by atoms with van der Waals surface area (Å²) in [6, 6.07) is 8.76. The van der Waals surface area contributed by atoms with Crippen molar-refractivity contribution in [3.63, 3.8) is 0 Å². The van der Waals surface area contributed by atoms with Crippen LogP contribution in [0.5, 0.6) is 0 Å². The second-order valence-corrected chi connectivity index (χ2v) is 5.61. The highest BCUT2D eigenvalue weighted by Crippen LogP contribution is 2.34. The molecule has 0 aliphatic heterocycles. The minimum Gasteiger partial charge on any atom is -0.324 e. The first-order valence-electron chi connectivity index (χ1n) is 5.79. The number of benzene rings is 1. The summed E-state index contributed by atoms with van der Waals surface area (Å²) >= 11 is 2.39. The second kappa shape index (κ2) is 6.82. The lowest BCUT2D eigenvalue weighted by Crippen LogP contribution is -2.24. The molecule has 16 heavy (non-hydrogen) atoms. The fourth-order valence-electron chi connectivity index (χ4n) is 2.49. The first kappa shape index (κ1) is 14.3. The molecule has 0 heterocycles. The van der Waals surface area contributed by atoms with Crippen LogP contribution in [0.25, 0.3) is 0 Å². The van der Waals surface area contributed by atoms with Crippen molar-refractivity contribution < 1.29 is 0 Å². The highest BCUT2D eigenvalue weighted by atomic mass is 127. The van der Waals surface area contributed by atoms with Gasteiger partial charge >= 0.3 is 0 Å². The summed E-state index contributed by atoms with van der Waals surface area (Å²) in [4.78, 5) is 0. The number of hydrogen-bond acceptors (Lipinski definition) is 1. The SMILES string of the molecule is Cl.N[C@H](c1ccccc1I)C1CCCCC1. The third kappa shape index (κ3) is 3.34. The molecule has 0 radical (unpaired) electrons. The molecule has 0 unspecified atom stereocenters. The lowest BCUT2D eigenvalue weighted by molar-refractivity contribution is 0.307. The molecule has 0 bridgehead atoms. The summed E-state index contributed by atoms with van der Waals surface area (Å²) < 4.78 is 1.31. The molecule has 1 aromatic rings. The van der Waals surface area contributed by atoms with Crippen LogP contribution in [0.3, 0.4) is 0 Å². The maximum Gasteiger partial charge on any atom is 0.0334 e. The van der Waals surface area contributed by atoms with E-state index in [2.05, 4.69) is 46.9 Å². The van der Waals surface area contributed by atoms with Crippen LogP contribution in [0.15, 0.2) is 24.3 Å². The van der Waals surface area contributed by atoms with Gasteiger partial charge in [0.25, 0.3) is 0 Å². The van der Waals surface area contributed by atoms with Crippen molar-refractivity contribution in [2.24, 2.45) is 11.7 Å². The van der Waals surface area contributed by atoms with Gasteiger partial charge in [-0.3, -0.25) is 0 Å². The van der Waals surface area contributed by atoms with E-state index >= 15 is 0 Å². The maximum atomic E-state index is 6.37. The van der Waals surface area contributed by atoms with Crippen LogP contribution in [0.2, 0.25) is 0 Å². The zero-order chi connectivity index (χ0) is 10.7. The highest BCUT2D eigenvalue weighted by Gasteiger charge is 2.22. The molecule has 0 amide bonds. The van der Waals surface area contributed by atoms with Crippen molar-refractivity contribution in [3.8, 4) is 0 Å². The molecule has 0 saturated heterocycles. The lowest BCUT2D eigenvalue weighted by Gasteiger charge is -2.28. The summed E-state index contributed by atoms with van der Waals surface area (Å²) in [5, 5.41) is 0. The molecule has 1 fully saturated rings.